The van der Waals surface area contributed by atoms with Crippen molar-refractivity contribution in [2.75, 3.05) is 6.61 Å². The molecule has 1 radical (unpaired) electrons. The van der Waals surface area contributed by atoms with Crippen molar-refractivity contribution in [1.82, 2.24) is 0 Å². The second-order valence-electron chi connectivity index (χ2n) is 2.50. The molecular formula is C5H9GeO5. The Kier molecular flexibility index (Phi) is 2.24. The molecule has 0 unspecified atom stereocenters. The number of aliphatic hydroxyl groups is 3. The number of carbonyl (C=O) groups excluding carboxylic acids is 1. The summed E-state index contributed by atoms with van der Waals surface area (Å²) in [5.41, 5.74) is 0. The summed E-state index contributed by atoms with van der Waals surface area (Å²) in [6, 6.07) is 0. The fourth-order valence-electron chi connectivity index (χ4n) is 0.869. The number of cyclic esters (lactones) is 1. The first-order chi connectivity index (χ1) is 5.00. The Balaban J connectivity index is 2.80. The molecule has 11 heavy (non-hydrogen) atoms. The molecular weight excluding hydrogens is 213 g/mol. The molecule has 0 aromatic rings. The van der Waals surface area contributed by atoms with Crippen LogP contribution in [0.15, 0.2) is 0 Å². The van der Waals surface area contributed by atoms with E-state index in [0.717, 1.165) is 0 Å². The van der Waals surface area contributed by atoms with Gasteiger partial charge in [-0.1, -0.05) is 0 Å². The minimum atomic E-state index is -1.76. The van der Waals surface area contributed by atoms with Crippen LogP contribution in [0, 0.1) is 0 Å². The predicted molar refractivity (Wildman–Crippen MR) is 36.5 cm³/mol. The second-order valence-corrected chi connectivity index (χ2v) is 4.76. The summed E-state index contributed by atoms with van der Waals surface area (Å²) in [6.45, 7) is -0.463. The van der Waals surface area contributed by atoms with Gasteiger partial charge in [0, 0.05) is 0 Å². The summed E-state index contributed by atoms with van der Waals surface area (Å²) in [5, 5.41) is 27.0. The van der Waals surface area contributed by atoms with Gasteiger partial charge >= 0.3 is 70.6 Å². The molecule has 6 heteroatoms. The molecule has 3 N–H and O–H groups in total. The Hall–Kier alpha value is -0.107. The first-order valence-corrected chi connectivity index (χ1v) is 4.56. The summed E-state index contributed by atoms with van der Waals surface area (Å²) >= 11 is 0.198. The maximum atomic E-state index is 10.8. The molecule has 1 saturated heterocycles. The van der Waals surface area contributed by atoms with Gasteiger partial charge in [0.1, 0.15) is 0 Å². The third-order valence-corrected chi connectivity index (χ3v) is 3.12. The van der Waals surface area contributed by atoms with Crippen LogP contribution in [0.25, 0.3) is 0 Å². The monoisotopic (exact) mass is 223 g/mol. The molecule has 63 valence electrons. The van der Waals surface area contributed by atoms with E-state index in [9.17, 15) is 9.90 Å². The van der Waals surface area contributed by atoms with E-state index in [1.54, 1.807) is 0 Å². The number of esters is 1. The summed E-state index contributed by atoms with van der Waals surface area (Å²) in [7, 11) is 0. The fourth-order valence-corrected chi connectivity index (χ4v) is 1.60. The second kappa shape index (κ2) is 2.74. The molecule has 0 bridgehead atoms. The van der Waals surface area contributed by atoms with Crippen molar-refractivity contribution >= 4 is 22.5 Å². The quantitative estimate of drug-likeness (QED) is 0.317. The molecule has 1 aliphatic heterocycles. The van der Waals surface area contributed by atoms with Crippen molar-refractivity contribution in [3.05, 3.63) is 0 Å². The van der Waals surface area contributed by atoms with E-state index in [4.69, 9.17) is 10.2 Å². The molecule has 0 aromatic carbocycles. The van der Waals surface area contributed by atoms with Gasteiger partial charge in [0.05, 0.1) is 0 Å². The van der Waals surface area contributed by atoms with Crippen molar-refractivity contribution in [1.29, 1.82) is 0 Å². The van der Waals surface area contributed by atoms with Crippen LogP contribution < -0.4 is 0 Å². The number of rotatable bonds is 1. The van der Waals surface area contributed by atoms with Crippen LogP contribution >= 0.6 is 0 Å². The zero-order valence-corrected chi connectivity index (χ0v) is 8.69. The maximum absolute atomic E-state index is 10.8. The van der Waals surface area contributed by atoms with Crippen molar-refractivity contribution in [3.8, 4) is 0 Å². The van der Waals surface area contributed by atoms with Crippen molar-refractivity contribution < 1.29 is 24.9 Å². The molecule has 0 amide bonds. The summed E-state index contributed by atoms with van der Waals surface area (Å²) in [5.74, 6) is -0.843. The number of aliphatic hydroxyl groups excluding tert-OH is 2. The van der Waals surface area contributed by atoms with Crippen LogP contribution in [0.2, 0.25) is 0 Å². The standard InChI is InChI=1S/C5H9GeO5/c6-5(10)3(8)2(1-7)11-4(5)9/h2-3,7-8,10H,1,6H2/t2-,3+,5+/m0/s1. The molecule has 5 nitrogen and oxygen atoms in total. The van der Waals surface area contributed by atoms with Crippen molar-refractivity contribution in [3.63, 3.8) is 0 Å². The van der Waals surface area contributed by atoms with Crippen LogP contribution in [-0.2, 0) is 9.53 Å². The zero-order valence-electron chi connectivity index (χ0n) is 5.73. The first-order valence-electron chi connectivity index (χ1n) is 3.08. The normalized spacial score (nSPS) is 44.2. The Morgan fingerprint density at radius 3 is 2.45 bits per heavy atom. The van der Waals surface area contributed by atoms with E-state index in [1.165, 1.54) is 0 Å². The summed E-state index contributed by atoms with van der Waals surface area (Å²) < 4.78 is 2.72. The van der Waals surface area contributed by atoms with E-state index in [0.29, 0.717) is 0 Å². The summed E-state index contributed by atoms with van der Waals surface area (Å²) in [6.07, 6.45) is -2.26. The first kappa shape index (κ1) is 8.98. The molecule has 1 fully saturated rings. The molecule has 1 heterocycles. The Bertz CT molecular complexity index is 180. The predicted octanol–water partition coefficient (Wildman–Crippen LogP) is -3.41. The Morgan fingerprint density at radius 1 is 1.73 bits per heavy atom. The average Bonchev–Trinajstić information content (AvgIpc) is 2.14. The number of hydrogen-bond donors (Lipinski definition) is 3. The zero-order chi connectivity index (χ0) is 8.65. The number of ether oxygens (including phenoxy) is 1. The molecule has 0 saturated carbocycles. The molecule has 1 rings (SSSR count). The van der Waals surface area contributed by atoms with Gasteiger partial charge in [-0.05, 0) is 0 Å². The van der Waals surface area contributed by atoms with Gasteiger partial charge in [-0.2, -0.15) is 0 Å². The molecule has 1 aliphatic rings. The Morgan fingerprint density at radius 2 is 2.27 bits per heavy atom. The van der Waals surface area contributed by atoms with Gasteiger partial charge in [0.15, 0.2) is 0 Å². The molecule has 0 aliphatic carbocycles. The topological polar surface area (TPSA) is 87.0 Å². The van der Waals surface area contributed by atoms with Gasteiger partial charge in [-0.15, -0.1) is 0 Å². The summed E-state index contributed by atoms with van der Waals surface area (Å²) in [4.78, 5) is 10.8. The van der Waals surface area contributed by atoms with Crippen LogP contribution in [0.1, 0.15) is 0 Å². The van der Waals surface area contributed by atoms with Crippen LogP contribution in [-0.4, -0.2) is 61.1 Å². The van der Waals surface area contributed by atoms with Crippen molar-refractivity contribution in [2.24, 2.45) is 0 Å². The SMILES string of the molecule is O=C1O[C@@H](CO)[C@@H](O)[C@]1(O)[GeH2]. The van der Waals surface area contributed by atoms with Gasteiger partial charge in [-0.3, -0.25) is 0 Å². The van der Waals surface area contributed by atoms with Gasteiger partial charge in [0.25, 0.3) is 0 Å². The molecule has 3 atom stereocenters. The number of hydrogen-bond acceptors (Lipinski definition) is 5. The van der Waals surface area contributed by atoms with Gasteiger partial charge in [0.2, 0.25) is 0 Å². The Labute approximate surface area is 71.2 Å². The van der Waals surface area contributed by atoms with Crippen LogP contribution in [0.4, 0.5) is 0 Å². The van der Waals surface area contributed by atoms with E-state index in [2.05, 4.69) is 4.74 Å². The van der Waals surface area contributed by atoms with E-state index >= 15 is 0 Å². The minimum absolute atomic E-state index is 0.198. The average molecular weight is 222 g/mol. The molecule has 0 aromatic heterocycles. The third kappa shape index (κ3) is 1.29. The van der Waals surface area contributed by atoms with Gasteiger partial charge < -0.3 is 0 Å². The van der Waals surface area contributed by atoms with Gasteiger partial charge in [-0.25, -0.2) is 0 Å². The fraction of sp³-hybridized carbons (Fsp3) is 0.800. The van der Waals surface area contributed by atoms with E-state index < -0.39 is 29.2 Å². The van der Waals surface area contributed by atoms with Crippen molar-refractivity contribution in [2.45, 2.75) is 16.6 Å². The van der Waals surface area contributed by atoms with Crippen LogP contribution in [0.3, 0.4) is 0 Å². The molecule has 0 spiro atoms. The number of carbonyl (C=O) groups is 1. The van der Waals surface area contributed by atoms with Crippen LogP contribution in [0.5, 0.6) is 0 Å². The van der Waals surface area contributed by atoms with E-state index in [-0.39, 0.29) is 16.5 Å². The van der Waals surface area contributed by atoms with E-state index in [1.807, 2.05) is 0 Å². The third-order valence-electron chi connectivity index (χ3n) is 1.63.